The monoisotopic (exact) mass is 240 g/mol. The summed E-state index contributed by atoms with van der Waals surface area (Å²) in [5.41, 5.74) is 1.68. The molecule has 18 heavy (non-hydrogen) atoms. The molecular formula is C13H12N4O. The quantitative estimate of drug-likeness (QED) is 0.608. The summed E-state index contributed by atoms with van der Waals surface area (Å²) in [6.45, 7) is 0. The normalized spacial score (nSPS) is 16.7. The smallest absolute Gasteiger partial charge is 0.221 e. The molecule has 0 bridgehead atoms. The number of aliphatic imine (C=N–C) groups is 1. The maximum absolute atomic E-state index is 10.5. The number of carbonyl (C=O) groups excluding carboxylic acids is 1. The Morgan fingerprint density at radius 3 is 2.56 bits per heavy atom. The molecule has 0 radical (unpaired) electrons. The lowest BCUT2D eigenvalue weighted by Gasteiger charge is -2.37. The topological polar surface area (TPSA) is 60.1 Å². The van der Waals surface area contributed by atoms with E-state index in [4.69, 9.17) is 0 Å². The van der Waals surface area contributed by atoms with E-state index in [1.165, 1.54) is 0 Å². The van der Waals surface area contributed by atoms with E-state index in [1.807, 2.05) is 24.3 Å². The lowest BCUT2D eigenvalue weighted by atomic mass is 9.72. The van der Waals surface area contributed by atoms with Gasteiger partial charge >= 0.3 is 0 Å². The maximum atomic E-state index is 10.5. The van der Waals surface area contributed by atoms with Crippen molar-refractivity contribution < 1.29 is 4.79 Å². The van der Waals surface area contributed by atoms with Gasteiger partial charge in [0, 0.05) is 0 Å². The molecule has 0 atom stereocenters. The first-order chi connectivity index (χ1) is 8.84. The van der Waals surface area contributed by atoms with Crippen molar-refractivity contribution in [2.45, 2.75) is 24.8 Å². The summed E-state index contributed by atoms with van der Waals surface area (Å²) in [5.74, 6) is 0. The second kappa shape index (κ2) is 4.20. The molecule has 2 aromatic rings. The third kappa shape index (κ3) is 1.65. The van der Waals surface area contributed by atoms with Crippen LogP contribution in [-0.4, -0.2) is 21.1 Å². The summed E-state index contributed by atoms with van der Waals surface area (Å²) in [7, 11) is 0. The second-order valence-electron chi connectivity index (χ2n) is 4.48. The Morgan fingerprint density at radius 1 is 1.28 bits per heavy atom. The zero-order valence-corrected chi connectivity index (χ0v) is 9.78. The summed E-state index contributed by atoms with van der Waals surface area (Å²) in [6, 6.07) is 7.92. The van der Waals surface area contributed by atoms with Gasteiger partial charge in [-0.1, -0.05) is 17.3 Å². The van der Waals surface area contributed by atoms with Crippen molar-refractivity contribution >= 4 is 6.08 Å². The summed E-state index contributed by atoms with van der Waals surface area (Å²) >= 11 is 0. The standard InChI is InChI=1S/C13H12N4O/c18-10-14-13(6-1-7-13)11-2-4-12(5-3-11)17-9-8-15-16-17/h2-5,8-9H,1,6-7H2. The molecule has 1 fully saturated rings. The van der Waals surface area contributed by atoms with Crippen molar-refractivity contribution in [1.82, 2.24) is 15.0 Å². The molecular weight excluding hydrogens is 228 g/mol. The maximum Gasteiger partial charge on any atom is 0.235 e. The van der Waals surface area contributed by atoms with Gasteiger partial charge in [0.25, 0.3) is 0 Å². The van der Waals surface area contributed by atoms with Gasteiger partial charge in [0.15, 0.2) is 0 Å². The molecule has 1 aromatic heterocycles. The van der Waals surface area contributed by atoms with Crippen LogP contribution in [-0.2, 0) is 10.3 Å². The fourth-order valence-corrected chi connectivity index (χ4v) is 2.33. The number of aromatic nitrogens is 3. The average molecular weight is 240 g/mol. The summed E-state index contributed by atoms with van der Waals surface area (Å²) in [6.07, 6.45) is 8.08. The van der Waals surface area contributed by atoms with Crippen LogP contribution >= 0.6 is 0 Å². The highest BCUT2D eigenvalue weighted by Crippen LogP contribution is 2.44. The number of isocyanates is 1. The van der Waals surface area contributed by atoms with E-state index in [-0.39, 0.29) is 5.54 Å². The SMILES string of the molecule is O=C=NC1(c2ccc(-n3ccnn3)cc2)CCC1. The Bertz CT molecular complexity index is 578. The first-order valence-electron chi connectivity index (χ1n) is 5.90. The van der Waals surface area contributed by atoms with Gasteiger partial charge in [0.1, 0.15) is 0 Å². The van der Waals surface area contributed by atoms with Crippen LogP contribution in [0, 0.1) is 0 Å². The van der Waals surface area contributed by atoms with Gasteiger partial charge in [-0.15, -0.1) is 5.10 Å². The Balaban J connectivity index is 1.94. The predicted octanol–water partition coefficient (Wildman–Crippen LogP) is 1.98. The molecule has 0 unspecified atom stereocenters. The molecule has 0 spiro atoms. The number of rotatable bonds is 3. The van der Waals surface area contributed by atoms with Gasteiger partial charge in [-0.3, -0.25) is 0 Å². The van der Waals surface area contributed by atoms with Gasteiger partial charge in [0.05, 0.1) is 23.6 Å². The molecule has 1 saturated carbocycles. The van der Waals surface area contributed by atoms with Crippen LogP contribution in [0.25, 0.3) is 5.69 Å². The van der Waals surface area contributed by atoms with Gasteiger partial charge in [-0.25, -0.2) is 9.48 Å². The number of nitrogens with zero attached hydrogens (tertiary/aromatic N) is 4. The Morgan fingerprint density at radius 2 is 2.06 bits per heavy atom. The number of hydrogen-bond donors (Lipinski definition) is 0. The van der Waals surface area contributed by atoms with Crippen LogP contribution in [0.1, 0.15) is 24.8 Å². The van der Waals surface area contributed by atoms with Crippen molar-refractivity contribution in [3.63, 3.8) is 0 Å². The number of benzene rings is 1. The molecule has 1 heterocycles. The minimum atomic E-state index is -0.331. The predicted molar refractivity (Wildman–Crippen MR) is 65.0 cm³/mol. The largest absolute Gasteiger partial charge is 0.235 e. The van der Waals surface area contributed by atoms with Crippen molar-refractivity contribution in [3.05, 3.63) is 42.2 Å². The van der Waals surface area contributed by atoms with Crippen LogP contribution in [0.15, 0.2) is 41.7 Å². The molecule has 90 valence electrons. The van der Waals surface area contributed by atoms with E-state index < -0.39 is 0 Å². The lowest BCUT2D eigenvalue weighted by molar-refractivity contribution is 0.256. The van der Waals surface area contributed by atoms with Gasteiger partial charge in [-0.2, -0.15) is 4.99 Å². The van der Waals surface area contributed by atoms with E-state index >= 15 is 0 Å². The third-order valence-corrected chi connectivity index (χ3v) is 3.53. The van der Waals surface area contributed by atoms with Gasteiger partial charge in [-0.05, 0) is 37.0 Å². The molecule has 3 rings (SSSR count). The third-order valence-electron chi connectivity index (χ3n) is 3.53. The zero-order chi connectivity index (χ0) is 12.4. The average Bonchev–Trinajstić information content (AvgIpc) is 2.88. The molecule has 0 amide bonds. The molecule has 1 aliphatic rings. The zero-order valence-electron chi connectivity index (χ0n) is 9.78. The first kappa shape index (κ1) is 10.9. The van der Waals surface area contributed by atoms with E-state index in [2.05, 4.69) is 15.3 Å². The Kier molecular flexibility index (Phi) is 2.54. The fraction of sp³-hybridized carbons (Fsp3) is 0.308. The first-order valence-corrected chi connectivity index (χ1v) is 5.90. The molecule has 1 aliphatic carbocycles. The Labute approximate surface area is 104 Å². The summed E-state index contributed by atoms with van der Waals surface area (Å²) in [4.78, 5) is 14.5. The van der Waals surface area contributed by atoms with Crippen molar-refractivity contribution in [1.29, 1.82) is 0 Å². The fourth-order valence-electron chi connectivity index (χ4n) is 2.33. The van der Waals surface area contributed by atoms with Crippen LogP contribution in [0.5, 0.6) is 0 Å². The minimum absolute atomic E-state index is 0.331. The highest BCUT2D eigenvalue weighted by molar-refractivity contribution is 5.42. The van der Waals surface area contributed by atoms with Crippen molar-refractivity contribution in [3.8, 4) is 5.69 Å². The highest BCUT2D eigenvalue weighted by Gasteiger charge is 2.38. The van der Waals surface area contributed by atoms with E-state index in [0.717, 1.165) is 30.5 Å². The Hall–Kier alpha value is -2.26. The lowest BCUT2D eigenvalue weighted by Crippen LogP contribution is -2.31. The van der Waals surface area contributed by atoms with Gasteiger partial charge < -0.3 is 0 Å². The molecule has 0 aliphatic heterocycles. The molecule has 5 heteroatoms. The second-order valence-corrected chi connectivity index (χ2v) is 4.48. The molecule has 1 aromatic carbocycles. The highest BCUT2D eigenvalue weighted by atomic mass is 16.1. The van der Waals surface area contributed by atoms with Crippen LogP contribution in [0.2, 0.25) is 0 Å². The van der Waals surface area contributed by atoms with E-state index in [1.54, 1.807) is 23.2 Å². The molecule has 0 N–H and O–H groups in total. The minimum Gasteiger partial charge on any atom is -0.221 e. The van der Waals surface area contributed by atoms with E-state index in [0.29, 0.717) is 0 Å². The van der Waals surface area contributed by atoms with Crippen LogP contribution in [0.4, 0.5) is 0 Å². The molecule has 5 nitrogen and oxygen atoms in total. The van der Waals surface area contributed by atoms with Crippen LogP contribution < -0.4 is 0 Å². The van der Waals surface area contributed by atoms with Crippen LogP contribution in [0.3, 0.4) is 0 Å². The van der Waals surface area contributed by atoms with Crippen molar-refractivity contribution in [2.24, 2.45) is 4.99 Å². The van der Waals surface area contributed by atoms with E-state index in [9.17, 15) is 4.79 Å². The van der Waals surface area contributed by atoms with Crippen molar-refractivity contribution in [2.75, 3.05) is 0 Å². The summed E-state index contributed by atoms with van der Waals surface area (Å²) in [5, 5.41) is 7.70. The van der Waals surface area contributed by atoms with Gasteiger partial charge in [0.2, 0.25) is 6.08 Å². The molecule has 0 saturated heterocycles. The number of hydrogen-bond acceptors (Lipinski definition) is 4. The summed E-state index contributed by atoms with van der Waals surface area (Å²) < 4.78 is 1.69.